The van der Waals surface area contributed by atoms with Crippen LogP contribution in [0.15, 0.2) is 24.3 Å². The van der Waals surface area contributed by atoms with Crippen molar-refractivity contribution in [2.24, 2.45) is 11.7 Å². The van der Waals surface area contributed by atoms with Crippen LogP contribution in [-0.4, -0.2) is 29.8 Å². The Morgan fingerprint density at radius 1 is 1.23 bits per heavy atom. The molecule has 1 aromatic rings. The fourth-order valence-corrected chi connectivity index (χ4v) is 3.98. The van der Waals surface area contributed by atoms with Crippen LogP contribution in [0.4, 0.5) is 0 Å². The van der Waals surface area contributed by atoms with E-state index in [0.717, 1.165) is 19.3 Å². The van der Waals surface area contributed by atoms with Gasteiger partial charge < -0.3 is 10.6 Å². The quantitative estimate of drug-likeness (QED) is 0.908. The smallest absolute Gasteiger partial charge is 0.232 e. The van der Waals surface area contributed by atoms with E-state index in [2.05, 4.69) is 19.1 Å². The Bertz CT molecular complexity index is 591. The molecular weight excluding hydrogens is 276 g/mol. The summed E-state index contributed by atoms with van der Waals surface area (Å²) in [6.45, 7) is 3.36. The lowest BCUT2D eigenvalue weighted by Crippen LogP contribution is -2.50. The number of piperidine rings is 1. The molecule has 1 atom stereocenters. The number of hydrogen-bond donors (Lipinski definition) is 1. The summed E-state index contributed by atoms with van der Waals surface area (Å²) in [6.07, 6.45) is 4.40. The fraction of sp³-hybridized carbons (Fsp3) is 0.556. The van der Waals surface area contributed by atoms with E-state index >= 15 is 0 Å². The highest BCUT2D eigenvalue weighted by molar-refractivity contribution is 5.89. The molecular formula is C18H24N2O2. The fourth-order valence-electron chi connectivity index (χ4n) is 3.98. The zero-order valence-corrected chi connectivity index (χ0v) is 13.2. The largest absolute Gasteiger partial charge is 0.369 e. The van der Waals surface area contributed by atoms with Gasteiger partial charge in [-0.1, -0.05) is 24.3 Å². The zero-order valence-electron chi connectivity index (χ0n) is 13.2. The van der Waals surface area contributed by atoms with Gasteiger partial charge in [-0.3, -0.25) is 9.59 Å². The number of primary amides is 1. The zero-order chi connectivity index (χ0) is 15.7. The maximum Gasteiger partial charge on any atom is 0.232 e. The predicted octanol–water partition coefficient (Wildman–Crippen LogP) is 2.00. The van der Waals surface area contributed by atoms with E-state index in [1.165, 1.54) is 11.1 Å². The van der Waals surface area contributed by atoms with Gasteiger partial charge in [-0.15, -0.1) is 0 Å². The molecule has 118 valence electrons. The molecule has 2 amide bonds. The summed E-state index contributed by atoms with van der Waals surface area (Å²) in [5.41, 5.74) is 7.44. The first-order valence-electron chi connectivity index (χ1n) is 8.19. The summed E-state index contributed by atoms with van der Waals surface area (Å²) in [6, 6.07) is 8.31. The monoisotopic (exact) mass is 300 g/mol. The Labute approximate surface area is 131 Å². The van der Waals surface area contributed by atoms with Crippen LogP contribution in [0.5, 0.6) is 0 Å². The molecule has 0 spiro atoms. The number of nitrogens with two attached hydrogens (primary N) is 1. The van der Waals surface area contributed by atoms with Crippen molar-refractivity contribution < 1.29 is 9.59 Å². The van der Waals surface area contributed by atoms with Crippen molar-refractivity contribution in [3.05, 3.63) is 35.4 Å². The van der Waals surface area contributed by atoms with E-state index in [1.54, 1.807) is 0 Å². The number of amides is 2. The Morgan fingerprint density at radius 3 is 2.59 bits per heavy atom. The van der Waals surface area contributed by atoms with E-state index in [1.807, 2.05) is 17.0 Å². The summed E-state index contributed by atoms with van der Waals surface area (Å²) in [7, 11) is 0. The molecule has 0 bridgehead atoms. The molecule has 1 unspecified atom stereocenters. The lowest BCUT2D eigenvalue weighted by atomic mass is 9.70. The number of nitrogens with zero attached hydrogens (tertiary/aromatic N) is 1. The van der Waals surface area contributed by atoms with Crippen molar-refractivity contribution in [3.63, 3.8) is 0 Å². The first-order chi connectivity index (χ1) is 10.5. The molecule has 3 rings (SSSR count). The van der Waals surface area contributed by atoms with E-state index < -0.39 is 5.41 Å². The minimum absolute atomic E-state index is 0.0736. The molecule has 1 saturated heterocycles. The summed E-state index contributed by atoms with van der Waals surface area (Å²) >= 11 is 0. The van der Waals surface area contributed by atoms with Gasteiger partial charge in [0.25, 0.3) is 0 Å². The second-order valence-electron chi connectivity index (χ2n) is 6.81. The van der Waals surface area contributed by atoms with Crippen LogP contribution in [0, 0.1) is 5.92 Å². The van der Waals surface area contributed by atoms with Gasteiger partial charge in [0.2, 0.25) is 11.8 Å². The molecule has 2 aliphatic rings. The van der Waals surface area contributed by atoms with Crippen LogP contribution in [0.3, 0.4) is 0 Å². The standard InChI is InChI=1S/C18H24N2O2/c1-18(10-4-6-13-5-2-3-7-15(13)18)17(22)20-11-8-14(9-12-20)16(19)21/h2-3,5,7,14H,4,6,8-12H2,1H3,(H2,19,21). The number of hydrogen-bond acceptors (Lipinski definition) is 2. The van der Waals surface area contributed by atoms with E-state index in [-0.39, 0.29) is 17.7 Å². The molecule has 2 N–H and O–H groups in total. The highest BCUT2D eigenvalue weighted by atomic mass is 16.2. The van der Waals surface area contributed by atoms with Gasteiger partial charge in [0.05, 0.1) is 5.41 Å². The Morgan fingerprint density at radius 2 is 1.91 bits per heavy atom. The van der Waals surface area contributed by atoms with Gasteiger partial charge in [-0.2, -0.15) is 0 Å². The normalized spacial score (nSPS) is 25.6. The average molecular weight is 300 g/mol. The van der Waals surface area contributed by atoms with Crippen LogP contribution in [0.1, 0.15) is 43.7 Å². The lowest BCUT2D eigenvalue weighted by Gasteiger charge is -2.41. The van der Waals surface area contributed by atoms with Crippen molar-refractivity contribution in [1.29, 1.82) is 0 Å². The molecule has 22 heavy (non-hydrogen) atoms. The van der Waals surface area contributed by atoms with Crippen molar-refractivity contribution >= 4 is 11.8 Å². The van der Waals surface area contributed by atoms with E-state index in [0.29, 0.717) is 25.9 Å². The number of likely N-dealkylation sites (tertiary alicyclic amines) is 1. The summed E-state index contributed by atoms with van der Waals surface area (Å²) in [5, 5.41) is 0. The average Bonchev–Trinajstić information content (AvgIpc) is 2.55. The molecule has 0 radical (unpaired) electrons. The molecule has 4 heteroatoms. The summed E-state index contributed by atoms with van der Waals surface area (Å²) < 4.78 is 0. The number of benzene rings is 1. The Hall–Kier alpha value is -1.84. The van der Waals surface area contributed by atoms with Crippen LogP contribution < -0.4 is 5.73 Å². The highest BCUT2D eigenvalue weighted by Gasteiger charge is 2.42. The van der Waals surface area contributed by atoms with E-state index in [4.69, 9.17) is 5.73 Å². The third-order valence-corrected chi connectivity index (χ3v) is 5.39. The van der Waals surface area contributed by atoms with Crippen molar-refractivity contribution in [1.82, 2.24) is 4.90 Å². The first kappa shape index (κ1) is 15.1. The van der Waals surface area contributed by atoms with E-state index in [9.17, 15) is 9.59 Å². The van der Waals surface area contributed by atoms with Gasteiger partial charge in [0.15, 0.2) is 0 Å². The molecule has 1 fully saturated rings. The molecule has 0 saturated carbocycles. The SMILES string of the molecule is CC1(C(=O)N2CCC(C(N)=O)CC2)CCCc2ccccc21. The van der Waals surface area contributed by atoms with Crippen molar-refractivity contribution in [2.75, 3.05) is 13.1 Å². The van der Waals surface area contributed by atoms with Gasteiger partial charge >= 0.3 is 0 Å². The van der Waals surface area contributed by atoms with Crippen LogP contribution in [0.2, 0.25) is 0 Å². The minimum Gasteiger partial charge on any atom is -0.369 e. The number of carbonyl (C=O) groups is 2. The number of aryl methyl sites for hydroxylation is 1. The minimum atomic E-state index is -0.422. The topological polar surface area (TPSA) is 63.4 Å². The highest BCUT2D eigenvalue weighted by Crippen LogP contribution is 2.39. The Kier molecular flexibility index (Phi) is 3.94. The second-order valence-corrected chi connectivity index (χ2v) is 6.81. The van der Waals surface area contributed by atoms with Crippen LogP contribution in [0.25, 0.3) is 0 Å². The van der Waals surface area contributed by atoms with Gasteiger partial charge in [0.1, 0.15) is 0 Å². The Balaban J connectivity index is 1.80. The van der Waals surface area contributed by atoms with Crippen molar-refractivity contribution in [2.45, 2.75) is 44.4 Å². The third-order valence-electron chi connectivity index (χ3n) is 5.39. The van der Waals surface area contributed by atoms with Gasteiger partial charge in [-0.05, 0) is 50.2 Å². The summed E-state index contributed by atoms with van der Waals surface area (Å²) in [5.74, 6) is -0.0978. The van der Waals surface area contributed by atoms with Crippen LogP contribution >= 0.6 is 0 Å². The first-order valence-corrected chi connectivity index (χ1v) is 8.19. The third kappa shape index (κ3) is 2.51. The molecule has 1 aromatic carbocycles. The number of rotatable bonds is 2. The van der Waals surface area contributed by atoms with Crippen LogP contribution in [-0.2, 0) is 21.4 Å². The maximum absolute atomic E-state index is 13.1. The second kappa shape index (κ2) is 5.75. The molecule has 1 heterocycles. The van der Waals surface area contributed by atoms with Gasteiger partial charge in [-0.25, -0.2) is 0 Å². The number of carbonyl (C=O) groups excluding carboxylic acids is 2. The maximum atomic E-state index is 13.1. The summed E-state index contributed by atoms with van der Waals surface area (Å²) in [4.78, 5) is 26.3. The molecule has 1 aliphatic heterocycles. The molecule has 4 nitrogen and oxygen atoms in total. The molecule has 0 aromatic heterocycles. The van der Waals surface area contributed by atoms with Gasteiger partial charge in [0, 0.05) is 19.0 Å². The lowest BCUT2D eigenvalue weighted by molar-refractivity contribution is -0.140. The molecule has 1 aliphatic carbocycles. The number of fused-ring (bicyclic) bond motifs is 1. The predicted molar refractivity (Wildman–Crippen MR) is 85.2 cm³/mol. The van der Waals surface area contributed by atoms with Crippen molar-refractivity contribution in [3.8, 4) is 0 Å².